The van der Waals surface area contributed by atoms with Crippen molar-refractivity contribution in [1.82, 2.24) is 0 Å². The molecule has 0 aliphatic heterocycles. The molecule has 0 aromatic heterocycles. The first-order valence-electron chi connectivity index (χ1n) is 7.40. The molecule has 0 aliphatic rings. The van der Waals surface area contributed by atoms with Crippen molar-refractivity contribution in [3.63, 3.8) is 0 Å². The summed E-state index contributed by atoms with van der Waals surface area (Å²) in [6, 6.07) is 0. The van der Waals surface area contributed by atoms with Gasteiger partial charge in [0.2, 0.25) is 0 Å². The molecular weight excluding hydrogens is 264 g/mol. The number of hydrogen-bond donors (Lipinski definition) is 6. The largest absolute Gasteiger partial charge is 0.394 e. The molecule has 20 heavy (non-hydrogen) atoms. The Morgan fingerprint density at radius 2 is 1.15 bits per heavy atom. The topological polar surface area (TPSA) is 121 Å². The summed E-state index contributed by atoms with van der Waals surface area (Å²) in [5, 5.41) is 51.0. The minimum absolute atomic E-state index is 0.350. The van der Waals surface area contributed by atoms with Crippen molar-refractivity contribution in [2.45, 2.75) is 70.2 Å². The normalized spacial score (nSPS) is 13.8. The molecule has 6 N–H and O–H groups in total. The molecule has 0 amide bonds. The van der Waals surface area contributed by atoms with Gasteiger partial charge in [-0.25, -0.2) is 0 Å². The predicted octanol–water partition coefficient (Wildman–Crippen LogP) is -0.217. The molecule has 2 atom stereocenters. The van der Waals surface area contributed by atoms with Crippen molar-refractivity contribution in [2.75, 3.05) is 19.8 Å². The molecule has 0 spiro atoms. The molecule has 0 heterocycles. The van der Waals surface area contributed by atoms with Crippen molar-refractivity contribution in [1.29, 1.82) is 0 Å². The Balaban J connectivity index is 0. The molecule has 124 valence electrons. The molecular formula is C14H32O6. The maximum Gasteiger partial charge on any atom is 0.103 e. The van der Waals surface area contributed by atoms with Crippen LogP contribution in [-0.4, -0.2) is 68.8 Å². The van der Waals surface area contributed by atoms with Crippen LogP contribution in [0, 0.1) is 0 Å². The van der Waals surface area contributed by atoms with Gasteiger partial charge in [-0.1, -0.05) is 45.4 Å². The molecule has 0 aliphatic carbocycles. The lowest BCUT2D eigenvalue weighted by Gasteiger charge is -2.14. The average molecular weight is 296 g/mol. The van der Waals surface area contributed by atoms with E-state index in [9.17, 15) is 5.11 Å². The summed E-state index contributed by atoms with van der Waals surface area (Å²) in [6.45, 7) is 1.10. The average Bonchev–Trinajstić information content (AvgIpc) is 2.49. The highest BCUT2D eigenvalue weighted by Crippen LogP contribution is 2.10. The molecule has 0 rings (SSSR count). The second-order valence-corrected chi connectivity index (χ2v) is 4.89. The lowest BCUT2D eigenvalue weighted by Crippen LogP contribution is -2.28. The lowest BCUT2D eigenvalue weighted by molar-refractivity contribution is -0.0185. The van der Waals surface area contributed by atoms with Gasteiger partial charge in [-0.3, -0.25) is 0 Å². The van der Waals surface area contributed by atoms with Crippen LogP contribution in [0.3, 0.4) is 0 Å². The fourth-order valence-electron chi connectivity index (χ4n) is 1.51. The molecule has 2 unspecified atom stereocenters. The second kappa shape index (κ2) is 16.8. The van der Waals surface area contributed by atoms with Crippen molar-refractivity contribution in [3.8, 4) is 0 Å². The Labute approximate surface area is 121 Å². The van der Waals surface area contributed by atoms with E-state index in [1.807, 2.05) is 0 Å². The quantitative estimate of drug-likeness (QED) is 0.293. The van der Waals surface area contributed by atoms with Crippen molar-refractivity contribution in [2.24, 2.45) is 0 Å². The first-order chi connectivity index (χ1) is 9.53. The summed E-state index contributed by atoms with van der Waals surface area (Å²) in [4.78, 5) is 0. The summed E-state index contributed by atoms with van der Waals surface area (Å²) >= 11 is 0. The standard InChI is InChI=1S/C11H24O3.C3H8O3/c1-2-3-4-5-6-7-8-10(13)11(14)9-12;4-1-3(6)2-5/h10-14H,2-9H2,1H3;3-6H,1-2H2. The van der Waals surface area contributed by atoms with Crippen LogP contribution in [-0.2, 0) is 0 Å². The maximum absolute atomic E-state index is 9.31. The zero-order valence-electron chi connectivity index (χ0n) is 12.5. The van der Waals surface area contributed by atoms with Crippen LogP contribution in [0.2, 0.25) is 0 Å². The monoisotopic (exact) mass is 296 g/mol. The molecule has 0 fully saturated rings. The summed E-state index contributed by atoms with van der Waals surface area (Å²) in [5.74, 6) is 0. The third-order valence-corrected chi connectivity index (χ3v) is 2.91. The maximum atomic E-state index is 9.31. The molecule has 0 radical (unpaired) electrons. The van der Waals surface area contributed by atoms with Crippen LogP contribution >= 0.6 is 0 Å². The number of unbranched alkanes of at least 4 members (excludes halogenated alkanes) is 5. The van der Waals surface area contributed by atoms with E-state index in [0.29, 0.717) is 6.42 Å². The Bertz CT molecular complexity index is 175. The van der Waals surface area contributed by atoms with Gasteiger partial charge in [0.1, 0.15) is 12.2 Å². The molecule has 0 aromatic rings. The summed E-state index contributed by atoms with van der Waals surface area (Å²) < 4.78 is 0. The zero-order chi connectivity index (χ0) is 15.8. The van der Waals surface area contributed by atoms with Crippen LogP contribution in [0.4, 0.5) is 0 Å². The van der Waals surface area contributed by atoms with Crippen LogP contribution in [0.5, 0.6) is 0 Å². The molecule has 0 saturated carbocycles. The molecule has 6 nitrogen and oxygen atoms in total. The minimum Gasteiger partial charge on any atom is -0.394 e. The van der Waals surface area contributed by atoms with E-state index in [1.54, 1.807) is 0 Å². The Kier molecular flexibility index (Phi) is 18.5. The third kappa shape index (κ3) is 15.8. The molecule has 0 aromatic carbocycles. The first-order valence-corrected chi connectivity index (χ1v) is 7.40. The fourth-order valence-corrected chi connectivity index (χ4v) is 1.51. The molecule has 0 saturated heterocycles. The van der Waals surface area contributed by atoms with E-state index in [0.717, 1.165) is 12.8 Å². The van der Waals surface area contributed by atoms with Crippen molar-refractivity contribution < 1.29 is 30.6 Å². The smallest absolute Gasteiger partial charge is 0.103 e. The first kappa shape index (κ1) is 22.0. The van der Waals surface area contributed by atoms with E-state index in [1.165, 1.54) is 25.7 Å². The number of rotatable bonds is 11. The van der Waals surface area contributed by atoms with Gasteiger partial charge in [0.05, 0.1) is 25.9 Å². The number of hydrogen-bond acceptors (Lipinski definition) is 6. The van der Waals surface area contributed by atoms with Gasteiger partial charge in [-0.05, 0) is 6.42 Å². The second-order valence-electron chi connectivity index (χ2n) is 4.89. The van der Waals surface area contributed by atoms with Gasteiger partial charge in [0.25, 0.3) is 0 Å². The highest BCUT2D eigenvalue weighted by molar-refractivity contribution is 4.65. The Hall–Kier alpha value is -0.240. The number of aliphatic hydroxyl groups excluding tert-OH is 6. The highest BCUT2D eigenvalue weighted by atomic mass is 16.4. The fraction of sp³-hybridized carbons (Fsp3) is 1.00. The summed E-state index contributed by atoms with van der Waals surface area (Å²) in [7, 11) is 0. The van der Waals surface area contributed by atoms with E-state index in [4.69, 9.17) is 25.5 Å². The zero-order valence-corrected chi connectivity index (χ0v) is 12.5. The SMILES string of the molecule is CCCCCCCCC(O)C(O)CO.OCC(O)CO. The van der Waals surface area contributed by atoms with Gasteiger partial charge < -0.3 is 30.6 Å². The van der Waals surface area contributed by atoms with Crippen LogP contribution in [0.15, 0.2) is 0 Å². The predicted molar refractivity (Wildman–Crippen MR) is 77.3 cm³/mol. The van der Waals surface area contributed by atoms with Crippen molar-refractivity contribution >= 4 is 0 Å². The van der Waals surface area contributed by atoms with Gasteiger partial charge >= 0.3 is 0 Å². The summed E-state index contributed by atoms with van der Waals surface area (Å²) in [6.07, 6.45) is 4.94. The third-order valence-electron chi connectivity index (χ3n) is 2.91. The van der Waals surface area contributed by atoms with Gasteiger partial charge in [0, 0.05) is 0 Å². The Morgan fingerprint density at radius 1 is 0.650 bits per heavy atom. The highest BCUT2D eigenvalue weighted by Gasteiger charge is 2.13. The van der Waals surface area contributed by atoms with Crippen molar-refractivity contribution in [3.05, 3.63) is 0 Å². The van der Waals surface area contributed by atoms with Crippen LogP contribution < -0.4 is 0 Å². The van der Waals surface area contributed by atoms with E-state index in [-0.39, 0.29) is 19.8 Å². The van der Waals surface area contributed by atoms with Crippen LogP contribution in [0.1, 0.15) is 51.9 Å². The van der Waals surface area contributed by atoms with Gasteiger partial charge in [0.15, 0.2) is 0 Å². The molecule has 0 bridgehead atoms. The lowest BCUT2D eigenvalue weighted by atomic mass is 10.0. The Morgan fingerprint density at radius 3 is 1.55 bits per heavy atom. The van der Waals surface area contributed by atoms with E-state index in [2.05, 4.69) is 6.92 Å². The summed E-state index contributed by atoms with van der Waals surface area (Å²) in [5.41, 5.74) is 0. The van der Waals surface area contributed by atoms with Crippen LogP contribution in [0.25, 0.3) is 0 Å². The number of aliphatic hydroxyl groups is 6. The van der Waals surface area contributed by atoms with E-state index < -0.39 is 18.3 Å². The minimum atomic E-state index is -0.967. The van der Waals surface area contributed by atoms with Gasteiger partial charge in [-0.2, -0.15) is 0 Å². The molecule has 6 heteroatoms. The van der Waals surface area contributed by atoms with E-state index >= 15 is 0 Å². The van der Waals surface area contributed by atoms with Gasteiger partial charge in [-0.15, -0.1) is 0 Å².